The first-order valence-electron chi connectivity index (χ1n) is 37.1. The number of benzene rings is 6. The Hall–Kier alpha value is -14.2. The topological polar surface area (TPSA) is 577 Å². The smallest absolute Gasteiger partial charge is 0.279 e. The van der Waals surface area contributed by atoms with Gasteiger partial charge in [-0.05, 0) is 204 Å². The van der Waals surface area contributed by atoms with E-state index in [2.05, 4.69) is 137 Å². The first kappa shape index (κ1) is 86.7. The van der Waals surface area contributed by atoms with E-state index in [-0.39, 0.29) is 140 Å². The van der Waals surface area contributed by atoms with Gasteiger partial charge in [0.05, 0.1) is 51.5 Å². The summed E-state index contributed by atoms with van der Waals surface area (Å²) >= 11 is 7.49. The number of hydrogen-bond acceptors (Lipinski definition) is 31. The minimum atomic E-state index is -0.858. The number of carbonyl (C=O) groups excluding carboxylic acids is 12. The maximum absolute atomic E-state index is 12.5. The summed E-state index contributed by atoms with van der Waals surface area (Å²) in [4.78, 5) is 216. The van der Waals surface area contributed by atoms with Gasteiger partial charge in [-0.15, -0.1) is 30.6 Å². The summed E-state index contributed by atoms with van der Waals surface area (Å²) in [6.07, 6.45) is 2.52. The second kappa shape index (κ2) is 37.2. The van der Waals surface area contributed by atoms with Gasteiger partial charge >= 0.3 is 0 Å². The Kier molecular flexibility index (Phi) is 26.2. The van der Waals surface area contributed by atoms with Crippen LogP contribution in [-0.2, 0) is 57.5 Å². The molecular weight excluding hydrogens is 1900 g/mol. The van der Waals surface area contributed by atoms with Crippen LogP contribution in [0.15, 0.2) is 136 Å². The van der Waals surface area contributed by atoms with E-state index in [0.29, 0.717) is 75.9 Å². The van der Waals surface area contributed by atoms with Crippen LogP contribution >= 0.6 is 61.1 Å². The number of amides is 12. The quantitative estimate of drug-likeness (QED) is 0.0752. The molecule has 123 heavy (non-hydrogen) atoms. The van der Waals surface area contributed by atoms with Crippen LogP contribution in [0.1, 0.15) is 124 Å². The van der Waals surface area contributed by atoms with Crippen molar-refractivity contribution in [1.82, 2.24) is 122 Å². The average Bonchev–Trinajstić information content (AvgIpc) is 0.794. The molecule has 18 rings (SSSR count). The molecule has 6 aliphatic heterocycles. The van der Waals surface area contributed by atoms with Crippen LogP contribution in [0.2, 0.25) is 0 Å². The summed E-state index contributed by atoms with van der Waals surface area (Å²) in [6.45, 7) is 10.7. The lowest BCUT2D eigenvalue weighted by Crippen LogP contribution is -2.45. The predicted octanol–water partition coefficient (Wildman–Crippen LogP) is 1.76. The normalized spacial score (nSPS) is 18.9. The van der Waals surface area contributed by atoms with Gasteiger partial charge in [-0.25, -0.2) is 4.85 Å². The van der Waals surface area contributed by atoms with Crippen LogP contribution in [-0.4, -0.2) is 168 Å². The highest BCUT2D eigenvalue weighted by Crippen LogP contribution is 2.27. The number of fused-ring (bicyclic) bond motifs is 6. The zero-order valence-electron chi connectivity index (χ0n) is 64.2. The third-order valence-electron chi connectivity index (χ3n) is 19.8. The highest BCUT2D eigenvalue weighted by Gasteiger charge is 2.37. The molecule has 12 amide bonds. The maximum atomic E-state index is 12.5. The molecule has 6 aromatic heterocycles. The zero-order valence-corrected chi connectivity index (χ0v) is 70.1. The van der Waals surface area contributed by atoms with E-state index >= 15 is 0 Å². The van der Waals surface area contributed by atoms with Crippen molar-refractivity contribution >= 4 is 203 Å². The summed E-state index contributed by atoms with van der Waals surface area (Å²) in [7, 11) is 1.49. The van der Waals surface area contributed by atoms with Gasteiger partial charge in [-0.2, -0.15) is 28.1 Å². The Bertz CT molecular complexity index is 6840. The van der Waals surface area contributed by atoms with Crippen molar-refractivity contribution in [3.8, 4) is 5.75 Å². The molecule has 44 nitrogen and oxygen atoms in total. The second-order valence-electron chi connectivity index (χ2n) is 28.0. The van der Waals surface area contributed by atoms with Gasteiger partial charge in [0.25, 0.3) is 68.8 Å². The van der Waals surface area contributed by atoms with E-state index in [9.17, 15) is 86.3 Å². The van der Waals surface area contributed by atoms with Gasteiger partial charge in [-0.3, -0.25) is 118 Å². The van der Waals surface area contributed by atoms with Gasteiger partial charge in [0.15, 0.2) is 5.69 Å². The zero-order chi connectivity index (χ0) is 87.9. The molecule has 12 aromatic rings. The molecule has 0 saturated carbocycles. The summed E-state index contributed by atoms with van der Waals surface area (Å²) in [6, 6.07) is 23.8. The molecule has 6 atom stereocenters. The SMILES string of the molecule is COc1ccc2nnn(C3CCC(=O)NC3=O)c(=O)c2c1.Cc1cc(Br)c2nnn(C3CCC(=O)NC3=O)c(=O)c2c1.Cc1ccc2nnn(C3CCC(=O)NC3=O)c(=O)c2c1.O=C1CCC(n2nnc3ccc(I)cc3c2=O)C(=O)N1.O=C1CCC(n2nnc3cccc(I)c3c2=O)C(=O)N1.[C-]#[N+]c1ccc2nnn(C3CCC(=O)NC3=O)c(=O)c2c1. The van der Waals surface area contributed by atoms with E-state index in [1.54, 1.807) is 72.8 Å². The lowest BCUT2D eigenvalue weighted by atomic mass is 10.1. The van der Waals surface area contributed by atoms with Gasteiger partial charge < -0.3 is 4.74 Å². The van der Waals surface area contributed by atoms with Gasteiger partial charge in [-0.1, -0.05) is 55.0 Å². The summed E-state index contributed by atoms with van der Waals surface area (Å²) < 4.78 is 13.6. The number of hydrogen-bond donors (Lipinski definition) is 6. The molecule has 6 aliphatic rings. The van der Waals surface area contributed by atoms with Crippen molar-refractivity contribution < 1.29 is 62.3 Å². The largest absolute Gasteiger partial charge is 0.497 e. The van der Waals surface area contributed by atoms with Gasteiger partial charge in [0.1, 0.15) is 69.6 Å². The number of carbonyl (C=O) groups is 12. The molecule has 0 spiro atoms. The molecule has 6 saturated heterocycles. The fourth-order valence-corrected chi connectivity index (χ4v) is 15.4. The monoisotopic (exact) mass is 1960 g/mol. The highest BCUT2D eigenvalue weighted by atomic mass is 127. The number of nitrogens with zero attached hydrogens (tertiary/aromatic N) is 19. The summed E-state index contributed by atoms with van der Waals surface area (Å²) in [5.74, 6) is -4.68. The molecule has 626 valence electrons. The lowest BCUT2D eigenvalue weighted by Gasteiger charge is -2.21. The first-order valence-corrected chi connectivity index (χ1v) is 40.0. The number of nitrogens with one attached hydrogen (secondary N) is 6. The maximum Gasteiger partial charge on any atom is 0.279 e. The van der Waals surface area contributed by atoms with E-state index in [4.69, 9.17) is 11.3 Å². The van der Waals surface area contributed by atoms with Crippen molar-refractivity contribution in [1.29, 1.82) is 0 Å². The van der Waals surface area contributed by atoms with Crippen LogP contribution in [0.5, 0.6) is 5.75 Å². The van der Waals surface area contributed by atoms with E-state index in [0.717, 1.165) is 46.4 Å². The van der Waals surface area contributed by atoms with Crippen molar-refractivity contribution in [2.45, 2.75) is 127 Å². The second-order valence-corrected chi connectivity index (χ2v) is 31.3. The van der Waals surface area contributed by atoms with E-state index in [1.807, 2.05) is 54.6 Å². The van der Waals surface area contributed by atoms with Crippen LogP contribution in [0.25, 0.3) is 70.3 Å². The predicted molar refractivity (Wildman–Crippen MR) is 447 cm³/mol. The third kappa shape index (κ3) is 19.0. The van der Waals surface area contributed by atoms with Gasteiger partial charge in [0, 0.05) is 50.1 Å². The number of imide groups is 6. The van der Waals surface area contributed by atoms with Gasteiger partial charge in [0.2, 0.25) is 35.4 Å². The molecule has 6 aromatic carbocycles. The summed E-state index contributed by atoms with van der Waals surface area (Å²) in [5, 5.41) is 62.0. The summed E-state index contributed by atoms with van der Waals surface area (Å²) in [5.41, 5.74) is 2.40. The van der Waals surface area contributed by atoms with Crippen molar-refractivity contribution in [3.05, 3.63) is 199 Å². The molecule has 6 unspecified atom stereocenters. The highest BCUT2D eigenvalue weighted by molar-refractivity contribution is 14.1. The number of aryl methyl sites for hydroxylation is 2. The minimum Gasteiger partial charge on any atom is -0.497 e. The number of halogens is 3. The number of rotatable bonds is 7. The van der Waals surface area contributed by atoms with E-state index < -0.39 is 82.8 Å². The van der Waals surface area contributed by atoms with Crippen molar-refractivity contribution in [2.75, 3.05) is 7.11 Å². The van der Waals surface area contributed by atoms with Crippen molar-refractivity contribution in [3.63, 3.8) is 0 Å². The van der Waals surface area contributed by atoms with Crippen LogP contribution in [0.4, 0.5) is 5.69 Å². The fourth-order valence-electron chi connectivity index (χ4n) is 13.5. The molecule has 6 N–H and O–H groups in total. The van der Waals surface area contributed by atoms with Crippen LogP contribution < -0.4 is 70.0 Å². The van der Waals surface area contributed by atoms with Crippen molar-refractivity contribution in [2.24, 2.45) is 0 Å². The molecule has 12 heterocycles. The number of piperidine rings is 6. The van der Waals surface area contributed by atoms with Crippen LogP contribution in [0.3, 0.4) is 0 Å². The molecular formula is C76H62BrI2N25O19. The molecule has 0 radical (unpaired) electrons. The minimum absolute atomic E-state index is 0.144. The Morgan fingerprint density at radius 2 is 0.691 bits per heavy atom. The Morgan fingerprint density at radius 1 is 0.366 bits per heavy atom. The number of aromatic nitrogens is 18. The number of methoxy groups -OCH3 is 1. The standard InChI is InChI=1S/C13H11BrN4O3.C13H9N5O3.C13H12N4O4.C13H12N4O3.2C12H9IN4O3/c1-6-4-7-11(8(14)5-6)16-17-18(13(7)21)9-2-3-10(19)15-12(9)20;1-14-7-2-3-9-8(6-7)13(21)18(17-16-9)10-4-5-11(19)15-12(10)20;1-21-7-2-3-9-8(6-7)13(20)17(16-15-9)10-4-5-11(18)14-12(10)19;1-7-2-3-9-8(6-7)13(20)17(16-15-9)10-4-5-11(18)14-12(10)19;13-6-1-2-8-7(5-6)12(20)17(16-15-8)9-3-4-10(18)14-11(9)19;13-6-2-1-3-7-10(6)12(20)17(16-15-7)8-4-5-9(18)14-11(8)19/h4-5,9H,2-3H2,1H3,(H,15,19,20);2-3,6,10H,4-5H2,(H,15,19,20);2-3,6,10H,4-5H2,1H3,(H,14,18,19);2-3,6,10H,4-5H2,1H3,(H,14,18,19);1-2,5,9H,3-4H2,(H,14,18,19);1-3,8H,4-5H2,(H,14,18,19). The molecule has 47 heteroatoms. The Balaban J connectivity index is 0.000000127. The first-order chi connectivity index (χ1) is 58.9. The fraction of sp³-hybridized carbons (Fsp3) is 0.276. The molecule has 0 bridgehead atoms. The Labute approximate surface area is 721 Å². The van der Waals surface area contributed by atoms with E-state index in [1.165, 1.54) is 19.2 Å². The van der Waals surface area contributed by atoms with Crippen LogP contribution in [0, 0.1) is 27.6 Å². The number of ether oxygens (including phenoxy) is 1. The molecule has 0 aliphatic carbocycles. The third-order valence-corrected chi connectivity index (χ3v) is 21.9. The molecule has 6 fully saturated rings. The average molecular weight is 1960 g/mol. The lowest BCUT2D eigenvalue weighted by molar-refractivity contribution is -0.137. The Morgan fingerprint density at radius 3 is 1.08 bits per heavy atom.